The molecular formula is C27H23ClN2O3S. The molecule has 2 N–H and O–H groups in total. The number of anilines is 1. The molecule has 0 spiro atoms. The summed E-state index contributed by atoms with van der Waals surface area (Å²) in [5.74, 6) is -0.362. The zero-order chi connectivity index (χ0) is 24.1. The molecule has 0 unspecified atom stereocenters. The molecule has 4 rings (SSSR count). The Labute approximate surface area is 204 Å². The molecule has 1 amide bonds. The third-order valence-corrected chi connectivity index (χ3v) is 7.14. The van der Waals surface area contributed by atoms with E-state index in [1.807, 2.05) is 61.5 Å². The van der Waals surface area contributed by atoms with E-state index in [4.69, 9.17) is 11.6 Å². The molecule has 0 saturated heterocycles. The predicted octanol–water partition coefficient (Wildman–Crippen LogP) is 5.97. The van der Waals surface area contributed by atoms with Gasteiger partial charge in [0.05, 0.1) is 27.2 Å². The number of hydrogen-bond acceptors (Lipinski definition) is 3. The van der Waals surface area contributed by atoms with Gasteiger partial charge in [-0.25, -0.2) is 8.42 Å². The highest BCUT2D eigenvalue weighted by atomic mass is 35.5. The third-order valence-electron chi connectivity index (χ3n) is 5.43. The molecule has 4 aromatic carbocycles. The Balaban J connectivity index is 1.59. The van der Waals surface area contributed by atoms with Gasteiger partial charge in [0.1, 0.15) is 0 Å². The summed E-state index contributed by atoms with van der Waals surface area (Å²) in [6, 6.07) is 29.7. The van der Waals surface area contributed by atoms with E-state index >= 15 is 0 Å². The van der Waals surface area contributed by atoms with Gasteiger partial charge >= 0.3 is 0 Å². The summed E-state index contributed by atoms with van der Waals surface area (Å²) >= 11 is 6.41. The topological polar surface area (TPSA) is 75.3 Å². The van der Waals surface area contributed by atoms with E-state index in [-0.39, 0.29) is 33.1 Å². The van der Waals surface area contributed by atoms with Gasteiger partial charge in [0.15, 0.2) is 0 Å². The Bertz CT molecular complexity index is 1410. The Morgan fingerprint density at radius 2 is 1.44 bits per heavy atom. The normalized spacial score (nSPS) is 12.1. The summed E-state index contributed by atoms with van der Waals surface area (Å²) in [6.07, 6.45) is 0. The SMILES string of the molecule is Cc1ccccc1[C@H](NC(=O)c1ccc(NS(=O)(=O)c2ccccc2)cc1Cl)c1ccccc1. The van der Waals surface area contributed by atoms with Crippen molar-refractivity contribution in [2.75, 3.05) is 4.72 Å². The molecule has 34 heavy (non-hydrogen) atoms. The fourth-order valence-corrected chi connectivity index (χ4v) is 5.02. The van der Waals surface area contributed by atoms with Crippen LogP contribution in [-0.2, 0) is 10.0 Å². The molecule has 0 aliphatic rings. The molecule has 0 aromatic heterocycles. The molecule has 5 nitrogen and oxygen atoms in total. The summed E-state index contributed by atoms with van der Waals surface area (Å²) in [6.45, 7) is 2.00. The van der Waals surface area contributed by atoms with Gasteiger partial charge in [0, 0.05) is 0 Å². The molecule has 0 saturated carbocycles. The molecule has 0 aliphatic carbocycles. The van der Waals surface area contributed by atoms with Crippen LogP contribution < -0.4 is 10.0 Å². The van der Waals surface area contributed by atoms with Gasteiger partial charge in [-0.2, -0.15) is 0 Å². The van der Waals surface area contributed by atoms with Gasteiger partial charge < -0.3 is 5.32 Å². The van der Waals surface area contributed by atoms with Crippen LogP contribution in [0.25, 0.3) is 0 Å². The van der Waals surface area contributed by atoms with Crippen LogP contribution in [0.1, 0.15) is 33.1 Å². The molecule has 0 bridgehead atoms. The Hall–Kier alpha value is -3.61. The highest BCUT2D eigenvalue weighted by Gasteiger charge is 2.21. The first kappa shape index (κ1) is 23.5. The van der Waals surface area contributed by atoms with Crippen LogP contribution in [0, 0.1) is 6.92 Å². The Morgan fingerprint density at radius 1 is 0.824 bits per heavy atom. The number of aryl methyl sites for hydroxylation is 1. The van der Waals surface area contributed by atoms with Crippen LogP contribution in [0.2, 0.25) is 5.02 Å². The number of benzene rings is 4. The maximum absolute atomic E-state index is 13.2. The fourth-order valence-electron chi connectivity index (χ4n) is 3.68. The van der Waals surface area contributed by atoms with Gasteiger partial charge in [-0.1, -0.05) is 84.4 Å². The van der Waals surface area contributed by atoms with Crippen LogP contribution in [0.4, 0.5) is 5.69 Å². The summed E-state index contributed by atoms with van der Waals surface area (Å²) in [4.78, 5) is 13.4. The van der Waals surface area contributed by atoms with Crippen molar-refractivity contribution in [1.29, 1.82) is 0 Å². The van der Waals surface area contributed by atoms with E-state index in [9.17, 15) is 13.2 Å². The van der Waals surface area contributed by atoms with Crippen LogP contribution in [0.3, 0.4) is 0 Å². The molecular weight excluding hydrogens is 468 g/mol. The van der Waals surface area contributed by atoms with Crippen molar-refractivity contribution >= 4 is 33.2 Å². The molecule has 4 aromatic rings. The number of carbonyl (C=O) groups is 1. The van der Waals surface area contributed by atoms with Crippen molar-refractivity contribution in [3.63, 3.8) is 0 Å². The minimum absolute atomic E-state index is 0.136. The largest absolute Gasteiger partial charge is 0.341 e. The van der Waals surface area contributed by atoms with Crippen molar-refractivity contribution in [1.82, 2.24) is 5.32 Å². The van der Waals surface area contributed by atoms with E-state index in [0.717, 1.165) is 16.7 Å². The number of amides is 1. The van der Waals surface area contributed by atoms with Crippen LogP contribution in [0.5, 0.6) is 0 Å². The lowest BCUT2D eigenvalue weighted by molar-refractivity contribution is 0.0943. The van der Waals surface area contributed by atoms with E-state index in [1.54, 1.807) is 18.2 Å². The second kappa shape index (κ2) is 10.1. The summed E-state index contributed by atoms with van der Waals surface area (Å²) < 4.78 is 27.7. The summed E-state index contributed by atoms with van der Waals surface area (Å²) in [5, 5.41) is 3.22. The number of nitrogens with one attached hydrogen (secondary N) is 2. The summed E-state index contributed by atoms with van der Waals surface area (Å²) in [5.41, 5.74) is 3.48. The van der Waals surface area contributed by atoms with Crippen LogP contribution in [-0.4, -0.2) is 14.3 Å². The highest BCUT2D eigenvalue weighted by molar-refractivity contribution is 7.92. The molecule has 172 valence electrons. The maximum atomic E-state index is 13.2. The van der Waals surface area contributed by atoms with Gasteiger partial charge in [-0.05, 0) is 53.9 Å². The second-order valence-corrected chi connectivity index (χ2v) is 9.88. The van der Waals surface area contributed by atoms with Crippen molar-refractivity contribution in [2.24, 2.45) is 0 Å². The second-order valence-electron chi connectivity index (χ2n) is 7.79. The standard InChI is InChI=1S/C27H23ClN2O3S/c1-19-10-8-9-15-23(19)26(20-11-4-2-5-12-20)29-27(31)24-17-16-21(18-25(24)28)30-34(32,33)22-13-6-3-7-14-22/h2-18,26,30H,1H3,(H,29,31)/t26-/m1/s1. The van der Waals surface area contributed by atoms with Crippen LogP contribution >= 0.6 is 11.6 Å². The number of halogens is 1. The van der Waals surface area contributed by atoms with Gasteiger partial charge in [-0.3, -0.25) is 9.52 Å². The maximum Gasteiger partial charge on any atom is 0.261 e. The minimum Gasteiger partial charge on any atom is -0.341 e. The lowest BCUT2D eigenvalue weighted by atomic mass is 9.94. The molecule has 0 aliphatic heterocycles. The monoisotopic (exact) mass is 490 g/mol. The Morgan fingerprint density at radius 3 is 2.09 bits per heavy atom. The molecule has 7 heteroatoms. The molecule has 0 radical (unpaired) electrons. The number of hydrogen-bond donors (Lipinski definition) is 2. The van der Waals surface area contributed by atoms with Gasteiger partial charge in [-0.15, -0.1) is 0 Å². The predicted molar refractivity (Wildman–Crippen MR) is 136 cm³/mol. The number of rotatable bonds is 7. The fraction of sp³-hybridized carbons (Fsp3) is 0.0741. The zero-order valence-electron chi connectivity index (χ0n) is 18.4. The first-order valence-corrected chi connectivity index (χ1v) is 12.5. The average molecular weight is 491 g/mol. The lowest BCUT2D eigenvalue weighted by Gasteiger charge is -2.22. The van der Waals surface area contributed by atoms with Gasteiger partial charge in [0.25, 0.3) is 15.9 Å². The van der Waals surface area contributed by atoms with Crippen molar-refractivity contribution in [3.05, 3.63) is 130 Å². The first-order valence-electron chi connectivity index (χ1n) is 10.6. The van der Waals surface area contributed by atoms with E-state index < -0.39 is 10.0 Å². The van der Waals surface area contributed by atoms with Crippen LogP contribution in [0.15, 0.2) is 108 Å². The van der Waals surface area contributed by atoms with Crippen molar-refractivity contribution in [2.45, 2.75) is 17.9 Å². The quantitative estimate of drug-likeness (QED) is 0.335. The smallest absolute Gasteiger partial charge is 0.261 e. The van der Waals surface area contributed by atoms with Crippen molar-refractivity contribution < 1.29 is 13.2 Å². The van der Waals surface area contributed by atoms with E-state index in [2.05, 4.69) is 10.0 Å². The first-order chi connectivity index (χ1) is 16.3. The van der Waals surface area contributed by atoms with E-state index in [1.165, 1.54) is 30.3 Å². The number of sulfonamides is 1. The average Bonchev–Trinajstić information content (AvgIpc) is 2.84. The highest BCUT2D eigenvalue weighted by Crippen LogP contribution is 2.28. The summed E-state index contributed by atoms with van der Waals surface area (Å²) in [7, 11) is -3.77. The zero-order valence-corrected chi connectivity index (χ0v) is 20.0. The van der Waals surface area contributed by atoms with Gasteiger partial charge in [0.2, 0.25) is 0 Å². The van der Waals surface area contributed by atoms with E-state index in [0.29, 0.717) is 0 Å². The minimum atomic E-state index is -3.77. The third kappa shape index (κ3) is 5.30. The number of carbonyl (C=O) groups excluding carboxylic acids is 1. The van der Waals surface area contributed by atoms with Crippen molar-refractivity contribution in [3.8, 4) is 0 Å². The molecule has 1 atom stereocenters. The Kier molecular flexibility index (Phi) is 7.01. The molecule has 0 fully saturated rings. The molecule has 0 heterocycles. The lowest BCUT2D eigenvalue weighted by Crippen LogP contribution is -2.30.